The zero-order valence-corrected chi connectivity index (χ0v) is 17.1. The van der Waals surface area contributed by atoms with E-state index in [9.17, 15) is 4.79 Å². The molecule has 1 N–H and O–H groups in total. The lowest BCUT2D eigenvalue weighted by molar-refractivity contribution is -0.909. The first-order valence-corrected chi connectivity index (χ1v) is 9.95. The average molecular weight is 413 g/mol. The lowest BCUT2D eigenvalue weighted by atomic mass is 10.0. The van der Waals surface area contributed by atoms with Gasteiger partial charge in [-0.25, -0.2) is 5.01 Å². The number of nitrogens with zero attached hydrogens (tertiary/aromatic N) is 2. The molecule has 7 heteroatoms. The number of hydrogen-bond donors (Lipinski definition) is 1. The van der Waals surface area contributed by atoms with E-state index in [-0.39, 0.29) is 18.0 Å². The highest BCUT2D eigenvalue weighted by atomic mass is 35.5. The number of benzene rings is 1. The van der Waals surface area contributed by atoms with Gasteiger partial charge in [-0.15, -0.1) is 0 Å². The fraction of sp³-hybridized carbons (Fsp3) is 0.273. The molecular formula is C22H23ClN3O3+. The first kappa shape index (κ1) is 19.5. The molecule has 0 saturated heterocycles. The maximum Gasteiger partial charge on any atom is 0.301 e. The summed E-state index contributed by atoms with van der Waals surface area (Å²) >= 11 is 6.01. The molecular weight excluding hydrogens is 390 g/mol. The van der Waals surface area contributed by atoms with Gasteiger partial charge in [0.15, 0.2) is 11.8 Å². The van der Waals surface area contributed by atoms with E-state index in [4.69, 9.17) is 20.4 Å². The number of halogens is 1. The van der Waals surface area contributed by atoms with E-state index in [0.29, 0.717) is 18.0 Å². The van der Waals surface area contributed by atoms with Crippen molar-refractivity contribution in [2.75, 3.05) is 7.05 Å². The summed E-state index contributed by atoms with van der Waals surface area (Å²) in [7, 11) is 1.98. The second kappa shape index (κ2) is 8.27. The summed E-state index contributed by atoms with van der Waals surface area (Å²) < 4.78 is 11.0. The molecule has 1 unspecified atom stereocenters. The quantitative estimate of drug-likeness (QED) is 0.675. The number of carbonyl (C=O) groups excluding carboxylic acids is 1. The van der Waals surface area contributed by atoms with Crippen molar-refractivity contribution in [2.24, 2.45) is 5.10 Å². The molecule has 1 aromatic carbocycles. The minimum absolute atomic E-state index is 0.0561. The third kappa shape index (κ3) is 4.13. The highest BCUT2D eigenvalue weighted by molar-refractivity contribution is 6.30. The molecule has 3 heterocycles. The summed E-state index contributed by atoms with van der Waals surface area (Å²) in [4.78, 5) is 14.4. The standard InChI is InChI=1S/C22H22ClN3O3/c1-15(25(2)14-18-5-3-11-28-18)22(27)26-20(21-6-4-12-29-21)13-19(24-26)16-7-9-17(23)10-8-16/h3-12,15,20H,13-14H2,1-2H3/p+1/t15-,20+/m0/s1. The van der Waals surface area contributed by atoms with Gasteiger partial charge in [-0.2, -0.15) is 5.10 Å². The third-order valence-electron chi connectivity index (χ3n) is 5.33. The number of furan rings is 2. The Morgan fingerprint density at radius 3 is 2.59 bits per heavy atom. The maximum atomic E-state index is 13.4. The zero-order valence-electron chi connectivity index (χ0n) is 16.3. The van der Waals surface area contributed by atoms with Crippen molar-refractivity contribution >= 4 is 23.2 Å². The summed E-state index contributed by atoms with van der Waals surface area (Å²) in [5.41, 5.74) is 1.79. The molecule has 0 fully saturated rings. The Balaban J connectivity index is 1.58. The summed E-state index contributed by atoms with van der Waals surface area (Å²) in [6, 6.07) is 14.4. The van der Waals surface area contributed by atoms with Crippen LogP contribution in [-0.4, -0.2) is 29.7 Å². The topological polar surface area (TPSA) is 63.4 Å². The van der Waals surface area contributed by atoms with Crippen LogP contribution >= 0.6 is 11.6 Å². The molecule has 0 bridgehead atoms. The van der Waals surface area contributed by atoms with Crippen molar-refractivity contribution in [3.8, 4) is 0 Å². The Morgan fingerprint density at radius 2 is 1.93 bits per heavy atom. The summed E-state index contributed by atoms with van der Waals surface area (Å²) in [5, 5.41) is 6.92. The van der Waals surface area contributed by atoms with Crippen molar-refractivity contribution < 1.29 is 18.5 Å². The number of quaternary nitrogens is 1. The van der Waals surface area contributed by atoms with Crippen molar-refractivity contribution in [3.05, 3.63) is 83.2 Å². The number of hydrogen-bond acceptors (Lipinski definition) is 4. The molecule has 4 rings (SSSR count). The van der Waals surface area contributed by atoms with E-state index >= 15 is 0 Å². The minimum Gasteiger partial charge on any atom is -0.467 e. The van der Waals surface area contributed by atoms with Crippen LogP contribution in [0.15, 0.2) is 75.0 Å². The van der Waals surface area contributed by atoms with Gasteiger partial charge in [-0.05, 0) is 48.9 Å². The van der Waals surface area contributed by atoms with E-state index < -0.39 is 0 Å². The summed E-state index contributed by atoms with van der Waals surface area (Å²) in [5.74, 6) is 1.51. The predicted molar refractivity (Wildman–Crippen MR) is 110 cm³/mol. The molecule has 3 atom stereocenters. The van der Waals surface area contributed by atoms with Gasteiger partial charge in [-0.1, -0.05) is 23.7 Å². The monoisotopic (exact) mass is 412 g/mol. The van der Waals surface area contributed by atoms with Crippen LogP contribution in [-0.2, 0) is 11.3 Å². The Morgan fingerprint density at radius 1 is 1.21 bits per heavy atom. The van der Waals surface area contributed by atoms with Crippen LogP contribution in [0.1, 0.15) is 36.5 Å². The van der Waals surface area contributed by atoms with Gasteiger partial charge in [0, 0.05) is 11.4 Å². The number of amides is 1. The molecule has 1 aliphatic heterocycles. The average Bonchev–Trinajstić information content (AvgIpc) is 3.48. The van der Waals surface area contributed by atoms with E-state index in [1.54, 1.807) is 17.5 Å². The fourth-order valence-corrected chi connectivity index (χ4v) is 3.61. The molecule has 150 valence electrons. The van der Waals surface area contributed by atoms with Crippen LogP contribution < -0.4 is 4.90 Å². The molecule has 6 nitrogen and oxygen atoms in total. The van der Waals surface area contributed by atoms with Crippen LogP contribution in [0.4, 0.5) is 0 Å². The molecule has 2 aromatic heterocycles. The fourth-order valence-electron chi connectivity index (χ4n) is 3.48. The Labute approximate surface area is 174 Å². The van der Waals surface area contributed by atoms with Gasteiger partial charge in [0.05, 0.1) is 25.3 Å². The van der Waals surface area contributed by atoms with Crippen molar-refractivity contribution in [3.63, 3.8) is 0 Å². The number of carbonyl (C=O) groups is 1. The molecule has 29 heavy (non-hydrogen) atoms. The first-order valence-electron chi connectivity index (χ1n) is 9.57. The van der Waals surface area contributed by atoms with Crippen LogP contribution in [0.25, 0.3) is 0 Å². The van der Waals surface area contributed by atoms with E-state index in [1.165, 1.54) is 0 Å². The Bertz CT molecular complexity index is 981. The zero-order chi connectivity index (χ0) is 20.4. The molecule has 3 aromatic rings. The highest BCUT2D eigenvalue weighted by Crippen LogP contribution is 2.33. The molecule has 0 saturated carbocycles. The normalized spacial score (nSPS) is 18.5. The van der Waals surface area contributed by atoms with Crippen molar-refractivity contribution in [1.82, 2.24) is 5.01 Å². The predicted octanol–water partition coefficient (Wildman–Crippen LogP) is 3.31. The SMILES string of the molecule is C[C@@H](C(=O)N1N=C(c2ccc(Cl)cc2)C[C@@H]1c1ccco1)[NH+](C)Cc1ccco1. The van der Waals surface area contributed by atoms with Crippen LogP contribution in [0, 0.1) is 0 Å². The first-order chi connectivity index (χ1) is 14.0. The van der Waals surface area contributed by atoms with E-state index in [0.717, 1.165) is 27.7 Å². The van der Waals surface area contributed by atoms with Gasteiger partial charge < -0.3 is 13.7 Å². The van der Waals surface area contributed by atoms with Crippen LogP contribution in [0.5, 0.6) is 0 Å². The second-order valence-corrected chi connectivity index (χ2v) is 7.73. The van der Waals surface area contributed by atoms with Crippen LogP contribution in [0.2, 0.25) is 5.02 Å². The minimum atomic E-state index is -0.300. The number of hydrazone groups is 1. The van der Waals surface area contributed by atoms with E-state index in [1.807, 2.05) is 62.5 Å². The van der Waals surface area contributed by atoms with Gasteiger partial charge in [0.1, 0.15) is 18.3 Å². The number of likely N-dealkylation sites (N-methyl/N-ethyl adjacent to an activating group) is 1. The van der Waals surface area contributed by atoms with E-state index in [2.05, 4.69) is 5.10 Å². The van der Waals surface area contributed by atoms with Crippen molar-refractivity contribution in [1.29, 1.82) is 0 Å². The molecule has 1 aliphatic rings. The van der Waals surface area contributed by atoms with Gasteiger partial charge in [-0.3, -0.25) is 4.79 Å². The lowest BCUT2D eigenvalue weighted by Crippen LogP contribution is -3.12. The Kier molecular flexibility index (Phi) is 5.56. The summed E-state index contributed by atoms with van der Waals surface area (Å²) in [6.45, 7) is 2.53. The van der Waals surface area contributed by atoms with Gasteiger partial charge in [0.25, 0.3) is 0 Å². The van der Waals surface area contributed by atoms with Crippen molar-refractivity contribution in [2.45, 2.75) is 32.0 Å². The second-order valence-electron chi connectivity index (χ2n) is 7.30. The molecule has 1 amide bonds. The van der Waals surface area contributed by atoms with Crippen LogP contribution in [0.3, 0.4) is 0 Å². The molecule has 0 aliphatic carbocycles. The number of nitrogens with one attached hydrogen (secondary N) is 1. The highest BCUT2D eigenvalue weighted by Gasteiger charge is 2.39. The molecule has 0 radical (unpaired) electrons. The largest absolute Gasteiger partial charge is 0.467 e. The van der Waals surface area contributed by atoms with Gasteiger partial charge in [0.2, 0.25) is 0 Å². The third-order valence-corrected chi connectivity index (χ3v) is 5.58. The number of rotatable bonds is 6. The smallest absolute Gasteiger partial charge is 0.301 e. The summed E-state index contributed by atoms with van der Waals surface area (Å²) in [6.07, 6.45) is 3.85. The van der Waals surface area contributed by atoms with Gasteiger partial charge >= 0.3 is 5.91 Å². The Hall–Kier alpha value is -2.83. The maximum absolute atomic E-state index is 13.4. The lowest BCUT2D eigenvalue weighted by Gasteiger charge is -2.26. The molecule has 0 spiro atoms.